The number of hydrogen-bond acceptors (Lipinski definition) is 2. The fourth-order valence-corrected chi connectivity index (χ4v) is 7.33. The Balaban J connectivity index is 1.74. The average Bonchev–Trinajstić information content (AvgIpc) is 3.22. The molecule has 0 N–H and O–H groups in total. The van der Waals surface area contributed by atoms with Crippen molar-refractivity contribution in [2.75, 3.05) is 4.90 Å². The molecule has 1 spiro atoms. The van der Waals surface area contributed by atoms with Crippen LogP contribution in [0.1, 0.15) is 61.2 Å². The molecule has 1 heterocycles. The Bertz CT molecular complexity index is 1580. The van der Waals surface area contributed by atoms with E-state index in [4.69, 9.17) is 0 Å². The quantitative estimate of drug-likeness (QED) is 0.235. The first kappa shape index (κ1) is 26.1. The van der Waals surface area contributed by atoms with Crippen LogP contribution in [-0.2, 0) is 5.41 Å². The van der Waals surface area contributed by atoms with Crippen molar-refractivity contribution in [1.82, 2.24) is 0 Å². The molecule has 6 rings (SSSR count). The fraction of sp³-hybridized carbons (Fsp3) is 0.237. The third-order valence-corrected chi connectivity index (χ3v) is 9.24. The number of Topliss-reactive ketones (excluding diaryl/α,β-unsaturated/α-hetero) is 1. The Hall–Kier alpha value is -4.17. The van der Waals surface area contributed by atoms with E-state index in [1.54, 1.807) is 0 Å². The molecule has 200 valence electrons. The highest BCUT2D eigenvalue weighted by Gasteiger charge is 2.64. The molecule has 0 amide bonds. The van der Waals surface area contributed by atoms with Gasteiger partial charge in [-0.05, 0) is 66.3 Å². The Labute approximate surface area is 238 Å². The average molecular weight is 524 g/mol. The van der Waals surface area contributed by atoms with Gasteiger partial charge in [-0.1, -0.05) is 123 Å². The molecule has 2 heteroatoms. The molecule has 40 heavy (non-hydrogen) atoms. The number of carbonyl (C=O) groups excluding carboxylic acids is 1. The summed E-state index contributed by atoms with van der Waals surface area (Å²) in [5, 5.41) is 0. The third-order valence-electron chi connectivity index (χ3n) is 9.24. The molecule has 4 aromatic rings. The molecule has 0 bridgehead atoms. The molecular weight excluding hydrogens is 486 g/mol. The van der Waals surface area contributed by atoms with Gasteiger partial charge >= 0.3 is 0 Å². The van der Waals surface area contributed by atoms with E-state index >= 15 is 4.79 Å². The van der Waals surface area contributed by atoms with E-state index < -0.39 is 11.5 Å². The van der Waals surface area contributed by atoms with Crippen molar-refractivity contribution in [2.45, 2.75) is 51.1 Å². The highest BCUT2D eigenvalue weighted by molar-refractivity contribution is 6.10. The Morgan fingerprint density at radius 3 is 1.93 bits per heavy atom. The molecule has 1 aliphatic carbocycles. The van der Waals surface area contributed by atoms with Crippen molar-refractivity contribution in [2.24, 2.45) is 5.92 Å². The van der Waals surface area contributed by atoms with Crippen LogP contribution in [0.5, 0.6) is 0 Å². The monoisotopic (exact) mass is 523 g/mol. The number of carbonyl (C=O) groups is 1. The molecule has 0 aromatic heterocycles. The lowest BCUT2D eigenvalue weighted by Gasteiger charge is -2.55. The van der Waals surface area contributed by atoms with Crippen molar-refractivity contribution in [3.8, 4) is 0 Å². The number of para-hydroxylation sites is 1. The smallest absolute Gasteiger partial charge is 0.173 e. The first-order valence-electron chi connectivity index (χ1n) is 14.5. The highest BCUT2D eigenvalue weighted by Crippen LogP contribution is 2.62. The van der Waals surface area contributed by atoms with E-state index in [2.05, 4.69) is 124 Å². The van der Waals surface area contributed by atoms with E-state index in [9.17, 15) is 0 Å². The van der Waals surface area contributed by atoms with Gasteiger partial charge in [-0.2, -0.15) is 0 Å². The molecule has 0 unspecified atom stereocenters. The van der Waals surface area contributed by atoms with Crippen molar-refractivity contribution in [1.29, 1.82) is 0 Å². The van der Waals surface area contributed by atoms with Crippen molar-refractivity contribution in [3.05, 3.63) is 150 Å². The number of allylic oxidation sites excluding steroid dienone is 2. The largest absolute Gasteiger partial charge is 0.358 e. The topological polar surface area (TPSA) is 20.3 Å². The van der Waals surface area contributed by atoms with Crippen LogP contribution in [0.15, 0.2) is 127 Å². The first-order chi connectivity index (χ1) is 19.4. The maximum absolute atomic E-state index is 15.0. The van der Waals surface area contributed by atoms with E-state index in [0.29, 0.717) is 0 Å². The SMILES string of the molecule is CC[C@@]1(C)c2ccccc2N(C(C)C)[C@@]12C=C(c1ccccc1)C=C(c1ccccc1)[C@@H]2C(=O)c1ccccc1. The predicted octanol–water partition coefficient (Wildman–Crippen LogP) is 9.00. The normalized spacial score (nSPS) is 23.6. The molecular formula is C38H37NO. The molecule has 0 saturated carbocycles. The zero-order valence-corrected chi connectivity index (χ0v) is 23.8. The summed E-state index contributed by atoms with van der Waals surface area (Å²) in [7, 11) is 0. The first-order valence-corrected chi connectivity index (χ1v) is 14.5. The summed E-state index contributed by atoms with van der Waals surface area (Å²) in [4.78, 5) is 17.6. The summed E-state index contributed by atoms with van der Waals surface area (Å²) >= 11 is 0. The Morgan fingerprint density at radius 2 is 1.32 bits per heavy atom. The highest BCUT2D eigenvalue weighted by atomic mass is 16.1. The zero-order chi connectivity index (χ0) is 27.9. The van der Waals surface area contributed by atoms with Gasteiger partial charge in [-0.25, -0.2) is 0 Å². The molecule has 3 atom stereocenters. The standard InChI is InChI=1S/C38H37NO/c1-5-37(4)33-23-15-16-24-34(33)39(27(2)3)38(37)26-31(28-17-9-6-10-18-28)25-32(29-19-11-7-12-20-29)35(38)36(40)30-21-13-8-14-22-30/h6-27,35H,5H2,1-4H3/t35-,37+,38-/m1/s1. The van der Waals surface area contributed by atoms with Gasteiger partial charge in [0, 0.05) is 22.7 Å². The Morgan fingerprint density at radius 1 is 0.775 bits per heavy atom. The molecule has 2 nitrogen and oxygen atoms in total. The third kappa shape index (κ3) is 3.81. The van der Waals surface area contributed by atoms with E-state index in [-0.39, 0.29) is 17.2 Å². The van der Waals surface area contributed by atoms with Crippen LogP contribution in [0.4, 0.5) is 5.69 Å². The molecule has 0 saturated heterocycles. The summed E-state index contributed by atoms with van der Waals surface area (Å²) in [5.41, 5.74) is 6.84. The van der Waals surface area contributed by atoms with Gasteiger partial charge in [0.05, 0.1) is 11.5 Å². The fourth-order valence-electron chi connectivity index (χ4n) is 7.33. The van der Waals surface area contributed by atoms with Crippen molar-refractivity contribution >= 4 is 22.6 Å². The Kier molecular flexibility index (Phi) is 6.58. The summed E-state index contributed by atoms with van der Waals surface area (Å²) < 4.78 is 0. The summed E-state index contributed by atoms with van der Waals surface area (Å²) in [5.74, 6) is -0.248. The minimum absolute atomic E-state index is 0.164. The van der Waals surface area contributed by atoms with Gasteiger partial charge < -0.3 is 4.90 Å². The van der Waals surface area contributed by atoms with Gasteiger partial charge in [-0.15, -0.1) is 0 Å². The minimum atomic E-state index is -0.627. The number of anilines is 1. The van der Waals surface area contributed by atoms with Crippen molar-refractivity contribution in [3.63, 3.8) is 0 Å². The lowest BCUT2D eigenvalue weighted by atomic mass is 9.55. The molecule has 0 fully saturated rings. The molecule has 4 aromatic carbocycles. The van der Waals surface area contributed by atoms with Crippen molar-refractivity contribution < 1.29 is 4.79 Å². The van der Waals surface area contributed by atoms with Crippen LogP contribution in [0.25, 0.3) is 11.1 Å². The number of nitrogens with zero attached hydrogens (tertiary/aromatic N) is 1. The summed E-state index contributed by atoms with van der Waals surface area (Å²) in [6.45, 7) is 9.19. The predicted molar refractivity (Wildman–Crippen MR) is 168 cm³/mol. The molecule has 1 aliphatic heterocycles. The lowest BCUT2D eigenvalue weighted by molar-refractivity contribution is 0.0869. The maximum atomic E-state index is 15.0. The van der Waals surface area contributed by atoms with E-state index in [0.717, 1.165) is 28.7 Å². The zero-order valence-electron chi connectivity index (χ0n) is 23.8. The number of hydrogen-bond donors (Lipinski definition) is 0. The number of benzene rings is 4. The van der Waals surface area contributed by atoms with Crippen LogP contribution < -0.4 is 4.90 Å². The van der Waals surface area contributed by atoms with Gasteiger partial charge in [-0.3, -0.25) is 4.79 Å². The number of fused-ring (bicyclic) bond motifs is 1. The van der Waals surface area contributed by atoms with Gasteiger partial charge in [0.25, 0.3) is 0 Å². The number of rotatable bonds is 6. The second-order valence-corrected chi connectivity index (χ2v) is 11.6. The van der Waals surface area contributed by atoms with E-state index in [1.165, 1.54) is 16.8 Å². The van der Waals surface area contributed by atoms with Gasteiger partial charge in [0.15, 0.2) is 5.78 Å². The second-order valence-electron chi connectivity index (χ2n) is 11.6. The van der Waals surface area contributed by atoms with Crippen LogP contribution in [-0.4, -0.2) is 17.4 Å². The van der Waals surface area contributed by atoms with Gasteiger partial charge in [0.2, 0.25) is 0 Å². The second kappa shape index (κ2) is 10.1. The van der Waals surface area contributed by atoms with E-state index in [1.807, 2.05) is 36.4 Å². The molecule has 0 radical (unpaired) electrons. The molecule has 2 aliphatic rings. The minimum Gasteiger partial charge on any atom is -0.358 e. The van der Waals surface area contributed by atoms with Gasteiger partial charge in [0.1, 0.15) is 0 Å². The lowest BCUT2D eigenvalue weighted by Crippen LogP contribution is -2.64. The van der Waals surface area contributed by atoms with Crippen LogP contribution >= 0.6 is 0 Å². The summed E-state index contributed by atoms with van der Waals surface area (Å²) in [6.07, 6.45) is 5.62. The van der Waals surface area contributed by atoms with Crippen LogP contribution in [0.2, 0.25) is 0 Å². The maximum Gasteiger partial charge on any atom is 0.173 e. The van der Waals surface area contributed by atoms with Crippen LogP contribution in [0, 0.1) is 5.92 Å². The number of ketones is 1. The summed E-state index contributed by atoms with van der Waals surface area (Å²) in [6, 6.07) is 40.0. The van der Waals surface area contributed by atoms with Crippen LogP contribution in [0.3, 0.4) is 0 Å².